The summed E-state index contributed by atoms with van der Waals surface area (Å²) >= 11 is 0. The normalized spacial score (nSPS) is 17.9. The van der Waals surface area contributed by atoms with Crippen molar-refractivity contribution in [1.82, 2.24) is 4.72 Å². The van der Waals surface area contributed by atoms with Crippen molar-refractivity contribution in [1.29, 1.82) is 0 Å². The molecule has 116 valence electrons. The molecule has 1 unspecified atom stereocenters. The zero-order valence-electron chi connectivity index (χ0n) is 12.4. The summed E-state index contributed by atoms with van der Waals surface area (Å²) in [5.41, 5.74) is 1.68. The Balaban J connectivity index is 2.27. The molecule has 0 bridgehead atoms. The minimum absolute atomic E-state index is 0.0323. The lowest BCUT2D eigenvalue weighted by Gasteiger charge is -2.20. The molecule has 0 aliphatic carbocycles. The molecule has 0 saturated carbocycles. The van der Waals surface area contributed by atoms with Gasteiger partial charge in [0.05, 0.1) is 11.5 Å². The number of carbonyl (C=O) groups is 1. The molecule has 1 aliphatic rings. The van der Waals surface area contributed by atoms with Crippen molar-refractivity contribution in [2.75, 3.05) is 25.2 Å². The summed E-state index contributed by atoms with van der Waals surface area (Å²) in [6.45, 7) is 4.01. The third-order valence-corrected chi connectivity index (χ3v) is 4.97. The monoisotopic (exact) mass is 312 g/mol. The Morgan fingerprint density at radius 3 is 2.81 bits per heavy atom. The second-order valence-corrected chi connectivity index (χ2v) is 6.89. The number of fused-ring (bicyclic) bond motifs is 1. The third kappa shape index (κ3) is 3.25. The number of benzene rings is 1. The first kappa shape index (κ1) is 15.9. The number of rotatable bonds is 5. The Bertz CT molecular complexity index is 642. The summed E-state index contributed by atoms with van der Waals surface area (Å²) in [7, 11) is -2.03. The zero-order chi connectivity index (χ0) is 15.6. The van der Waals surface area contributed by atoms with E-state index in [1.807, 2.05) is 6.92 Å². The maximum atomic E-state index is 12.2. The zero-order valence-corrected chi connectivity index (χ0v) is 13.2. The van der Waals surface area contributed by atoms with E-state index in [1.165, 1.54) is 20.1 Å². The van der Waals surface area contributed by atoms with Crippen molar-refractivity contribution < 1.29 is 17.9 Å². The molecule has 0 aromatic heterocycles. The molecule has 1 aromatic rings. The maximum absolute atomic E-state index is 12.2. The van der Waals surface area contributed by atoms with Crippen molar-refractivity contribution in [3.8, 4) is 0 Å². The molecule has 1 aliphatic heterocycles. The Kier molecular flexibility index (Phi) is 4.65. The van der Waals surface area contributed by atoms with E-state index in [4.69, 9.17) is 4.74 Å². The van der Waals surface area contributed by atoms with Crippen LogP contribution < -0.4 is 9.62 Å². The lowest BCUT2D eigenvalue weighted by molar-refractivity contribution is -0.116. The van der Waals surface area contributed by atoms with Crippen molar-refractivity contribution in [3.05, 3.63) is 23.8 Å². The van der Waals surface area contributed by atoms with E-state index in [0.29, 0.717) is 13.0 Å². The molecule has 6 nitrogen and oxygen atoms in total. The number of ether oxygens (including phenoxy) is 1. The summed E-state index contributed by atoms with van der Waals surface area (Å²) in [5.74, 6) is -0.0323. The van der Waals surface area contributed by atoms with E-state index < -0.39 is 10.0 Å². The van der Waals surface area contributed by atoms with E-state index in [9.17, 15) is 13.2 Å². The number of anilines is 1. The van der Waals surface area contributed by atoms with Gasteiger partial charge in [-0.25, -0.2) is 13.1 Å². The fraction of sp³-hybridized carbons (Fsp3) is 0.500. The largest absolute Gasteiger partial charge is 0.383 e. The molecule has 0 fully saturated rings. The van der Waals surface area contributed by atoms with Crippen molar-refractivity contribution in [2.24, 2.45) is 0 Å². The van der Waals surface area contributed by atoms with Crippen LogP contribution in [0.2, 0.25) is 0 Å². The number of amides is 1. The number of nitrogens with zero attached hydrogens (tertiary/aromatic N) is 1. The Hall–Kier alpha value is -1.44. The smallest absolute Gasteiger partial charge is 0.240 e. The number of hydrogen-bond acceptors (Lipinski definition) is 4. The molecule has 1 amide bonds. The van der Waals surface area contributed by atoms with Gasteiger partial charge in [-0.2, -0.15) is 0 Å². The van der Waals surface area contributed by atoms with Crippen LogP contribution in [0.4, 0.5) is 5.69 Å². The summed E-state index contributed by atoms with van der Waals surface area (Å²) < 4.78 is 31.6. The average Bonchev–Trinajstić information content (AvgIpc) is 2.73. The number of sulfonamides is 1. The van der Waals surface area contributed by atoms with Crippen molar-refractivity contribution in [2.45, 2.75) is 31.2 Å². The topological polar surface area (TPSA) is 75.7 Å². The van der Waals surface area contributed by atoms with Gasteiger partial charge in [0.1, 0.15) is 0 Å². The molecule has 1 N–H and O–H groups in total. The highest BCUT2D eigenvalue weighted by Crippen LogP contribution is 2.33. The Morgan fingerprint density at radius 2 is 2.19 bits per heavy atom. The van der Waals surface area contributed by atoms with Gasteiger partial charge in [0, 0.05) is 32.3 Å². The van der Waals surface area contributed by atoms with E-state index in [2.05, 4.69) is 4.72 Å². The molecule has 1 aromatic carbocycles. The second-order valence-electron chi connectivity index (χ2n) is 5.12. The van der Waals surface area contributed by atoms with E-state index in [0.717, 1.165) is 11.3 Å². The van der Waals surface area contributed by atoms with Crippen LogP contribution >= 0.6 is 0 Å². The van der Waals surface area contributed by atoms with Gasteiger partial charge >= 0.3 is 0 Å². The Labute approximate surface area is 125 Å². The lowest BCUT2D eigenvalue weighted by atomic mass is 10.1. The highest BCUT2D eigenvalue weighted by atomic mass is 32.2. The third-order valence-electron chi connectivity index (χ3n) is 3.51. The quantitative estimate of drug-likeness (QED) is 0.820. The Morgan fingerprint density at radius 1 is 1.48 bits per heavy atom. The minimum atomic E-state index is -3.54. The predicted octanol–water partition coefficient (Wildman–Crippen LogP) is 0.909. The molecular formula is C14H20N2O4S. The fourth-order valence-corrected chi connectivity index (χ4v) is 3.68. The molecule has 2 rings (SSSR count). The molecule has 0 radical (unpaired) electrons. The van der Waals surface area contributed by atoms with Crippen molar-refractivity contribution in [3.63, 3.8) is 0 Å². The summed E-state index contributed by atoms with van der Waals surface area (Å²) in [5, 5.41) is 0. The van der Waals surface area contributed by atoms with Crippen LogP contribution in [0.1, 0.15) is 19.4 Å². The van der Waals surface area contributed by atoms with Crippen LogP contribution in [0.3, 0.4) is 0 Å². The minimum Gasteiger partial charge on any atom is -0.383 e. The van der Waals surface area contributed by atoms with Gasteiger partial charge in [0.25, 0.3) is 0 Å². The first-order valence-corrected chi connectivity index (χ1v) is 8.26. The molecular weight excluding hydrogens is 292 g/mol. The SMILES string of the molecule is COCCNS(=O)(=O)c1ccc2c(c1)CC(C)N2C(C)=O. The van der Waals surface area contributed by atoms with Gasteiger partial charge in [-0.15, -0.1) is 0 Å². The molecule has 0 saturated heterocycles. The van der Waals surface area contributed by atoms with Gasteiger partial charge in [0.15, 0.2) is 0 Å². The first-order chi connectivity index (χ1) is 9.86. The average molecular weight is 312 g/mol. The number of carbonyl (C=O) groups excluding carboxylic acids is 1. The summed E-state index contributed by atoms with van der Waals surface area (Å²) in [6, 6.07) is 4.92. The van der Waals surface area contributed by atoms with E-state index in [-0.39, 0.29) is 23.4 Å². The van der Waals surface area contributed by atoms with Crippen LogP contribution in [-0.4, -0.2) is 40.6 Å². The summed E-state index contributed by atoms with van der Waals surface area (Å²) in [6.07, 6.45) is 0.663. The van der Waals surface area contributed by atoms with Crippen molar-refractivity contribution >= 4 is 21.6 Å². The number of hydrogen-bond donors (Lipinski definition) is 1. The van der Waals surface area contributed by atoms with Crippen LogP contribution in [-0.2, 0) is 26.0 Å². The van der Waals surface area contributed by atoms with Gasteiger partial charge < -0.3 is 9.64 Å². The van der Waals surface area contributed by atoms with Gasteiger partial charge in [-0.05, 0) is 37.1 Å². The molecule has 7 heteroatoms. The van der Waals surface area contributed by atoms with E-state index in [1.54, 1.807) is 17.0 Å². The van der Waals surface area contributed by atoms with Crippen LogP contribution in [0, 0.1) is 0 Å². The summed E-state index contributed by atoms with van der Waals surface area (Å²) in [4.78, 5) is 13.6. The fourth-order valence-electron chi connectivity index (χ4n) is 2.62. The van der Waals surface area contributed by atoms with Gasteiger partial charge in [0.2, 0.25) is 15.9 Å². The van der Waals surface area contributed by atoms with Crippen LogP contribution in [0.15, 0.2) is 23.1 Å². The number of methoxy groups -OCH3 is 1. The molecule has 1 heterocycles. The standard InChI is InChI=1S/C14H20N2O4S/c1-10-8-12-9-13(21(18,19)15-6-7-20-3)4-5-14(12)16(10)11(2)17/h4-5,9-10,15H,6-8H2,1-3H3. The lowest BCUT2D eigenvalue weighted by Crippen LogP contribution is -2.33. The number of nitrogens with one attached hydrogen (secondary N) is 1. The molecule has 21 heavy (non-hydrogen) atoms. The molecule has 1 atom stereocenters. The molecule has 0 spiro atoms. The first-order valence-electron chi connectivity index (χ1n) is 6.78. The van der Waals surface area contributed by atoms with Crippen LogP contribution in [0.5, 0.6) is 0 Å². The predicted molar refractivity (Wildman–Crippen MR) is 79.8 cm³/mol. The highest BCUT2D eigenvalue weighted by molar-refractivity contribution is 7.89. The van der Waals surface area contributed by atoms with E-state index >= 15 is 0 Å². The maximum Gasteiger partial charge on any atom is 0.240 e. The van der Waals surface area contributed by atoms with Crippen LogP contribution in [0.25, 0.3) is 0 Å². The van der Waals surface area contributed by atoms with Gasteiger partial charge in [-0.1, -0.05) is 0 Å². The van der Waals surface area contributed by atoms with Gasteiger partial charge in [-0.3, -0.25) is 4.79 Å². The second kappa shape index (κ2) is 6.13. The highest BCUT2D eigenvalue weighted by Gasteiger charge is 2.30.